The topological polar surface area (TPSA) is 50.8 Å². The molecule has 0 bridgehead atoms. The molecular weight excluding hydrogens is 352 g/mol. The summed E-state index contributed by atoms with van der Waals surface area (Å²) in [5, 5.41) is 2.90. The number of methoxy groups -OCH3 is 1. The summed E-state index contributed by atoms with van der Waals surface area (Å²) in [5.74, 6) is 0.953. The second-order valence-corrected chi connectivity index (χ2v) is 7.01. The Bertz CT molecular complexity index is 842. The molecule has 0 unspecified atom stereocenters. The van der Waals surface area contributed by atoms with E-state index in [1.807, 2.05) is 36.4 Å². The maximum Gasteiger partial charge on any atom is 0.262 e. The van der Waals surface area contributed by atoms with Gasteiger partial charge in [0.05, 0.1) is 7.11 Å². The average Bonchev–Trinajstić information content (AvgIpc) is 3.21. The van der Waals surface area contributed by atoms with Gasteiger partial charge >= 0.3 is 0 Å². The predicted octanol–water partition coefficient (Wildman–Crippen LogP) is 4.35. The SMILES string of the molecule is C=CCc1ccc(OCC(=O)Nc2ccc(N3CCCC3)c(C)c2)c(OC)c1. The van der Waals surface area contributed by atoms with Crippen molar-refractivity contribution in [2.45, 2.75) is 26.2 Å². The van der Waals surface area contributed by atoms with Gasteiger partial charge < -0.3 is 19.7 Å². The molecule has 1 amide bonds. The number of nitrogens with one attached hydrogen (secondary N) is 1. The van der Waals surface area contributed by atoms with Crippen LogP contribution in [0, 0.1) is 6.92 Å². The van der Waals surface area contributed by atoms with Gasteiger partial charge in [-0.3, -0.25) is 4.79 Å². The second-order valence-electron chi connectivity index (χ2n) is 7.01. The highest BCUT2D eigenvalue weighted by atomic mass is 16.5. The van der Waals surface area contributed by atoms with Crippen LogP contribution in [-0.2, 0) is 11.2 Å². The summed E-state index contributed by atoms with van der Waals surface area (Å²) in [4.78, 5) is 14.7. The summed E-state index contributed by atoms with van der Waals surface area (Å²) in [6, 6.07) is 11.7. The summed E-state index contributed by atoms with van der Waals surface area (Å²) in [7, 11) is 1.59. The van der Waals surface area contributed by atoms with E-state index in [2.05, 4.69) is 29.8 Å². The van der Waals surface area contributed by atoms with Crippen molar-refractivity contribution in [2.24, 2.45) is 0 Å². The summed E-state index contributed by atoms with van der Waals surface area (Å²) in [6.45, 7) is 7.95. The van der Waals surface area contributed by atoms with Crippen molar-refractivity contribution in [3.63, 3.8) is 0 Å². The van der Waals surface area contributed by atoms with E-state index in [1.54, 1.807) is 7.11 Å². The van der Waals surface area contributed by atoms with Crippen LogP contribution in [0.5, 0.6) is 11.5 Å². The van der Waals surface area contributed by atoms with E-state index in [-0.39, 0.29) is 12.5 Å². The molecule has 148 valence electrons. The number of amides is 1. The normalized spacial score (nSPS) is 13.3. The number of benzene rings is 2. The third kappa shape index (κ3) is 4.85. The van der Waals surface area contributed by atoms with E-state index in [4.69, 9.17) is 9.47 Å². The van der Waals surface area contributed by atoms with Crippen molar-refractivity contribution in [3.8, 4) is 11.5 Å². The zero-order chi connectivity index (χ0) is 19.9. The first-order chi connectivity index (χ1) is 13.6. The van der Waals surface area contributed by atoms with Gasteiger partial charge in [-0.25, -0.2) is 0 Å². The molecule has 2 aromatic carbocycles. The summed E-state index contributed by atoms with van der Waals surface area (Å²) in [5.41, 5.74) is 4.27. The second kappa shape index (κ2) is 9.31. The van der Waals surface area contributed by atoms with Gasteiger partial charge in [-0.15, -0.1) is 6.58 Å². The maximum absolute atomic E-state index is 12.3. The molecule has 1 N–H and O–H groups in total. The van der Waals surface area contributed by atoms with E-state index < -0.39 is 0 Å². The molecule has 28 heavy (non-hydrogen) atoms. The monoisotopic (exact) mass is 380 g/mol. The van der Waals surface area contributed by atoms with Gasteiger partial charge in [0, 0.05) is 24.5 Å². The van der Waals surface area contributed by atoms with Crippen LogP contribution in [0.2, 0.25) is 0 Å². The lowest BCUT2D eigenvalue weighted by molar-refractivity contribution is -0.118. The molecule has 5 nitrogen and oxygen atoms in total. The number of allylic oxidation sites excluding steroid dienone is 1. The minimum atomic E-state index is -0.203. The third-order valence-electron chi connectivity index (χ3n) is 4.89. The quantitative estimate of drug-likeness (QED) is 0.692. The number of carbonyl (C=O) groups excluding carboxylic acids is 1. The van der Waals surface area contributed by atoms with Gasteiger partial charge in [-0.2, -0.15) is 0 Å². The number of nitrogens with zero attached hydrogens (tertiary/aromatic N) is 1. The lowest BCUT2D eigenvalue weighted by atomic mass is 10.1. The fourth-order valence-corrected chi connectivity index (χ4v) is 3.51. The number of hydrogen-bond acceptors (Lipinski definition) is 4. The Labute approximate surface area is 167 Å². The number of anilines is 2. The number of rotatable bonds is 8. The van der Waals surface area contributed by atoms with E-state index in [9.17, 15) is 4.79 Å². The maximum atomic E-state index is 12.3. The Hall–Kier alpha value is -2.95. The zero-order valence-corrected chi connectivity index (χ0v) is 16.7. The molecule has 0 aliphatic carbocycles. The molecule has 0 radical (unpaired) electrons. The molecule has 0 aromatic heterocycles. The Morgan fingerprint density at radius 1 is 1.18 bits per heavy atom. The first-order valence-electron chi connectivity index (χ1n) is 9.67. The van der Waals surface area contributed by atoms with Crippen LogP contribution in [0.25, 0.3) is 0 Å². The van der Waals surface area contributed by atoms with Gasteiger partial charge in [0.25, 0.3) is 5.91 Å². The van der Waals surface area contributed by atoms with Crippen LogP contribution in [0.1, 0.15) is 24.0 Å². The lowest BCUT2D eigenvalue weighted by Crippen LogP contribution is -2.21. The van der Waals surface area contributed by atoms with Crippen molar-refractivity contribution in [1.29, 1.82) is 0 Å². The number of carbonyl (C=O) groups is 1. The number of aryl methyl sites for hydroxylation is 1. The van der Waals surface area contributed by atoms with Crippen LogP contribution in [0.3, 0.4) is 0 Å². The van der Waals surface area contributed by atoms with E-state index >= 15 is 0 Å². The summed E-state index contributed by atoms with van der Waals surface area (Å²) >= 11 is 0. The standard InChI is InChI=1S/C23H28N2O3/c1-4-7-18-8-11-21(22(15-18)27-3)28-16-23(26)24-19-9-10-20(17(2)14-19)25-12-5-6-13-25/h4,8-11,14-15H,1,5-7,12-13,16H2,2-3H3,(H,24,26). The smallest absolute Gasteiger partial charge is 0.262 e. The number of hydrogen-bond donors (Lipinski definition) is 1. The van der Waals surface area contributed by atoms with Gasteiger partial charge in [0.15, 0.2) is 18.1 Å². The van der Waals surface area contributed by atoms with Gasteiger partial charge in [-0.05, 0) is 67.6 Å². The fourth-order valence-electron chi connectivity index (χ4n) is 3.51. The molecule has 0 atom stereocenters. The lowest BCUT2D eigenvalue weighted by Gasteiger charge is -2.20. The Kier molecular flexibility index (Phi) is 6.58. The van der Waals surface area contributed by atoms with Crippen molar-refractivity contribution < 1.29 is 14.3 Å². The first kappa shape index (κ1) is 19.8. The molecule has 0 spiro atoms. The predicted molar refractivity (Wildman–Crippen MR) is 114 cm³/mol. The Balaban J connectivity index is 1.58. The molecule has 1 fully saturated rings. The molecule has 2 aromatic rings. The average molecular weight is 380 g/mol. The highest BCUT2D eigenvalue weighted by molar-refractivity contribution is 5.92. The van der Waals surface area contributed by atoms with E-state index in [1.165, 1.54) is 24.1 Å². The van der Waals surface area contributed by atoms with Gasteiger partial charge in [-0.1, -0.05) is 12.1 Å². The fraction of sp³-hybridized carbons (Fsp3) is 0.348. The van der Waals surface area contributed by atoms with Crippen molar-refractivity contribution in [2.75, 3.05) is 37.0 Å². The van der Waals surface area contributed by atoms with Gasteiger partial charge in [0.1, 0.15) is 0 Å². The van der Waals surface area contributed by atoms with Crippen LogP contribution in [-0.4, -0.2) is 32.7 Å². The molecule has 1 heterocycles. The molecule has 1 aliphatic heterocycles. The zero-order valence-electron chi connectivity index (χ0n) is 16.7. The van der Waals surface area contributed by atoms with Crippen LogP contribution < -0.4 is 19.7 Å². The van der Waals surface area contributed by atoms with Crippen LogP contribution in [0.4, 0.5) is 11.4 Å². The molecular formula is C23H28N2O3. The van der Waals surface area contributed by atoms with Crippen LogP contribution >= 0.6 is 0 Å². The molecule has 5 heteroatoms. The Morgan fingerprint density at radius 3 is 2.64 bits per heavy atom. The molecule has 0 saturated carbocycles. The van der Waals surface area contributed by atoms with Crippen molar-refractivity contribution in [1.82, 2.24) is 0 Å². The minimum Gasteiger partial charge on any atom is -0.493 e. The molecule has 1 saturated heterocycles. The first-order valence-corrected chi connectivity index (χ1v) is 9.67. The molecule has 1 aliphatic rings. The highest BCUT2D eigenvalue weighted by Gasteiger charge is 2.15. The number of ether oxygens (including phenoxy) is 2. The summed E-state index contributed by atoms with van der Waals surface area (Å²) in [6.07, 6.45) is 5.07. The Morgan fingerprint density at radius 2 is 1.96 bits per heavy atom. The largest absolute Gasteiger partial charge is 0.493 e. The highest BCUT2D eigenvalue weighted by Crippen LogP contribution is 2.29. The van der Waals surface area contributed by atoms with E-state index in [0.29, 0.717) is 11.5 Å². The van der Waals surface area contributed by atoms with E-state index in [0.717, 1.165) is 30.8 Å². The summed E-state index contributed by atoms with van der Waals surface area (Å²) < 4.78 is 11.0. The third-order valence-corrected chi connectivity index (χ3v) is 4.89. The minimum absolute atomic E-state index is 0.0793. The van der Waals surface area contributed by atoms with Gasteiger partial charge in [0.2, 0.25) is 0 Å². The van der Waals surface area contributed by atoms with Crippen molar-refractivity contribution in [3.05, 3.63) is 60.2 Å². The molecule has 3 rings (SSSR count). The van der Waals surface area contributed by atoms with Crippen molar-refractivity contribution >= 4 is 17.3 Å². The van der Waals surface area contributed by atoms with Crippen LogP contribution in [0.15, 0.2) is 49.1 Å².